The molecule has 0 bridgehead atoms. The Balaban J connectivity index is 1.93. The molecule has 120 valence electrons. The van der Waals surface area contributed by atoms with Gasteiger partial charge in [-0.1, -0.05) is 11.2 Å². The molecular formula is C15H13FN2O3S2. The van der Waals surface area contributed by atoms with Crippen LogP contribution in [0.5, 0.6) is 0 Å². The molecule has 5 nitrogen and oxygen atoms in total. The number of benzene rings is 1. The quantitative estimate of drug-likeness (QED) is 0.771. The van der Waals surface area contributed by atoms with Gasteiger partial charge in [0.05, 0.1) is 0 Å². The lowest BCUT2D eigenvalue weighted by Crippen LogP contribution is -2.14. The van der Waals surface area contributed by atoms with Crippen molar-refractivity contribution in [1.82, 2.24) is 5.16 Å². The molecule has 0 saturated heterocycles. The van der Waals surface area contributed by atoms with E-state index in [0.717, 1.165) is 9.75 Å². The van der Waals surface area contributed by atoms with Crippen molar-refractivity contribution in [1.29, 1.82) is 0 Å². The SMILES string of the molecule is Cc1cc(NS(=O)(=O)c2ccc(-c3ccc(C)s3)cc2F)no1. The summed E-state index contributed by atoms with van der Waals surface area (Å²) in [4.78, 5) is 1.54. The van der Waals surface area contributed by atoms with Crippen molar-refractivity contribution in [2.24, 2.45) is 0 Å². The lowest BCUT2D eigenvalue weighted by atomic mass is 10.2. The van der Waals surface area contributed by atoms with Crippen LogP contribution in [0.2, 0.25) is 0 Å². The predicted octanol–water partition coefficient (Wildman–Crippen LogP) is 3.96. The zero-order valence-corrected chi connectivity index (χ0v) is 14.0. The summed E-state index contributed by atoms with van der Waals surface area (Å²) in [7, 11) is -4.07. The second-order valence-corrected chi connectivity index (χ2v) is 7.92. The molecule has 0 unspecified atom stereocenters. The molecule has 0 saturated carbocycles. The van der Waals surface area contributed by atoms with Crippen LogP contribution < -0.4 is 4.72 Å². The smallest absolute Gasteiger partial charge is 0.266 e. The van der Waals surface area contributed by atoms with Crippen LogP contribution in [-0.4, -0.2) is 13.6 Å². The number of aromatic nitrogens is 1. The summed E-state index contributed by atoms with van der Waals surface area (Å²) in [6, 6.07) is 9.26. The number of hydrogen-bond donors (Lipinski definition) is 1. The van der Waals surface area contributed by atoms with Gasteiger partial charge in [-0.2, -0.15) is 0 Å². The molecule has 1 aromatic carbocycles. The van der Waals surface area contributed by atoms with E-state index in [-0.39, 0.29) is 5.82 Å². The summed E-state index contributed by atoms with van der Waals surface area (Å²) in [6.07, 6.45) is 0. The lowest BCUT2D eigenvalue weighted by molar-refractivity contribution is 0.400. The minimum atomic E-state index is -4.07. The number of hydrogen-bond acceptors (Lipinski definition) is 5. The first kappa shape index (κ1) is 15.7. The van der Waals surface area contributed by atoms with E-state index in [4.69, 9.17) is 4.52 Å². The summed E-state index contributed by atoms with van der Waals surface area (Å²) in [5.41, 5.74) is 0.636. The summed E-state index contributed by atoms with van der Waals surface area (Å²) >= 11 is 1.51. The van der Waals surface area contributed by atoms with Crippen molar-refractivity contribution in [2.45, 2.75) is 18.7 Å². The molecule has 1 N–H and O–H groups in total. The van der Waals surface area contributed by atoms with Crippen molar-refractivity contribution in [3.8, 4) is 10.4 Å². The van der Waals surface area contributed by atoms with Gasteiger partial charge in [0.15, 0.2) is 5.82 Å². The van der Waals surface area contributed by atoms with Gasteiger partial charge < -0.3 is 4.52 Å². The van der Waals surface area contributed by atoms with E-state index in [2.05, 4.69) is 9.88 Å². The van der Waals surface area contributed by atoms with Gasteiger partial charge >= 0.3 is 0 Å². The Labute approximate surface area is 136 Å². The molecule has 0 aliphatic rings. The van der Waals surface area contributed by atoms with Gasteiger partial charge in [-0.3, -0.25) is 4.72 Å². The van der Waals surface area contributed by atoms with Crippen LogP contribution in [0.1, 0.15) is 10.6 Å². The maximum absolute atomic E-state index is 14.3. The van der Waals surface area contributed by atoms with Gasteiger partial charge in [0.1, 0.15) is 16.5 Å². The fourth-order valence-electron chi connectivity index (χ4n) is 2.07. The predicted molar refractivity (Wildman–Crippen MR) is 86.5 cm³/mol. The Morgan fingerprint density at radius 1 is 1.17 bits per heavy atom. The van der Waals surface area contributed by atoms with Crippen molar-refractivity contribution in [3.63, 3.8) is 0 Å². The van der Waals surface area contributed by atoms with Crippen molar-refractivity contribution >= 4 is 27.2 Å². The molecule has 0 aliphatic carbocycles. The Morgan fingerprint density at radius 2 is 1.96 bits per heavy atom. The molecule has 0 fully saturated rings. The van der Waals surface area contributed by atoms with Crippen LogP contribution in [0.15, 0.2) is 45.8 Å². The van der Waals surface area contributed by atoms with Crippen LogP contribution in [0, 0.1) is 19.7 Å². The minimum absolute atomic E-state index is 0.0138. The molecule has 0 amide bonds. The number of sulfonamides is 1. The molecule has 0 radical (unpaired) electrons. The maximum atomic E-state index is 14.3. The van der Waals surface area contributed by atoms with Crippen molar-refractivity contribution in [2.75, 3.05) is 4.72 Å². The number of nitrogens with one attached hydrogen (secondary N) is 1. The number of nitrogens with zero attached hydrogens (tertiary/aromatic N) is 1. The van der Waals surface area contributed by atoms with Gasteiger partial charge in [0.25, 0.3) is 10.0 Å². The summed E-state index contributed by atoms with van der Waals surface area (Å²) in [5, 5.41) is 3.54. The van der Waals surface area contributed by atoms with Crippen molar-refractivity contribution < 1.29 is 17.3 Å². The minimum Gasteiger partial charge on any atom is -0.360 e. The first-order valence-electron chi connectivity index (χ1n) is 6.68. The van der Waals surface area contributed by atoms with Crippen LogP contribution in [0.25, 0.3) is 10.4 Å². The Morgan fingerprint density at radius 3 is 2.52 bits per heavy atom. The van der Waals surface area contributed by atoms with Crippen LogP contribution >= 0.6 is 11.3 Å². The summed E-state index contributed by atoms with van der Waals surface area (Å²) in [6.45, 7) is 3.58. The fraction of sp³-hybridized carbons (Fsp3) is 0.133. The highest BCUT2D eigenvalue weighted by Gasteiger charge is 2.21. The largest absolute Gasteiger partial charge is 0.360 e. The standard InChI is InChI=1S/C15H13FN2O3S2/c1-9-7-15(17-21-9)18-23(19,20)14-6-4-11(8-12(14)16)13-5-3-10(2)22-13/h3-8H,1-2H3,(H,17,18). The Kier molecular flexibility index (Phi) is 3.95. The second kappa shape index (κ2) is 5.78. The van der Waals surface area contributed by atoms with Gasteiger partial charge in [0, 0.05) is 15.8 Å². The van der Waals surface area contributed by atoms with Gasteiger partial charge in [-0.25, -0.2) is 12.8 Å². The molecule has 2 heterocycles. The number of aryl methyl sites for hydroxylation is 2. The average Bonchev–Trinajstić information content (AvgIpc) is 3.07. The fourth-order valence-corrected chi connectivity index (χ4v) is 3.98. The Bertz CT molecular complexity index is 961. The Hall–Kier alpha value is -2.19. The summed E-state index contributed by atoms with van der Waals surface area (Å²) < 4.78 is 45.8. The zero-order chi connectivity index (χ0) is 16.6. The maximum Gasteiger partial charge on any atom is 0.266 e. The van der Waals surface area contributed by atoms with Crippen LogP contribution in [0.4, 0.5) is 10.2 Å². The van der Waals surface area contributed by atoms with Gasteiger partial charge in [0.2, 0.25) is 0 Å². The number of anilines is 1. The molecule has 0 spiro atoms. The van der Waals surface area contributed by atoms with E-state index in [9.17, 15) is 12.8 Å². The number of rotatable bonds is 4. The number of halogens is 1. The van der Waals surface area contributed by atoms with Crippen molar-refractivity contribution in [3.05, 3.63) is 52.9 Å². The molecule has 23 heavy (non-hydrogen) atoms. The van der Waals surface area contributed by atoms with E-state index in [1.807, 2.05) is 19.1 Å². The van der Waals surface area contributed by atoms with Crippen LogP contribution in [-0.2, 0) is 10.0 Å². The molecular weight excluding hydrogens is 339 g/mol. The van der Waals surface area contributed by atoms with E-state index < -0.39 is 20.7 Å². The molecule has 3 aromatic rings. The average molecular weight is 352 g/mol. The van der Waals surface area contributed by atoms with Gasteiger partial charge in [-0.15, -0.1) is 11.3 Å². The molecule has 2 aromatic heterocycles. The zero-order valence-electron chi connectivity index (χ0n) is 12.3. The normalized spacial score (nSPS) is 11.6. The lowest BCUT2D eigenvalue weighted by Gasteiger charge is -2.07. The second-order valence-electron chi connectivity index (χ2n) is 4.98. The third-order valence-corrected chi connectivity index (χ3v) is 5.55. The molecule has 3 rings (SSSR count). The third-order valence-electron chi connectivity index (χ3n) is 3.11. The van der Waals surface area contributed by atoms with E-state index >= 15 is 0 Å². The van der Waals surface area contributed by atoms with Crippen LogP contribution in [0.3, 0.4) is 0 Å². The highest BCUT2D eigenvalue weighted by atomic mass is 32.2. The highest BCUT2D eigenvalue weighted by molar-refractivity contribution is 7.92. The van der Waals surface area contributed by atoms with Gasteiger partial charge in [-0.05, 0) is 43.7 Å². The highest BCUT2D eigenvalue weighted by Crippen LogP contribution is 2.30. The topological polar surface area (TPSA) is 72.2 Å². The third kappa shape index (κ3) is 3.27. The summed E-state index contributed by atoms with van der Waals surface area (Å²) in [5.74, 6) is -0.354. The number of thiophene rings is 1. The first-order chi connectivity index (χ1) is 10.8. The van der Waals surface area contributed by atoms with E-state index in [1.54, 1.807) is 13.0 Å². The molecule has 8 heteroatoms. The van der Waals surface area contributed by atoms with E-state index in [0.29, 0.717) is 11.3 Å². The molecule has 0 atom stereocenters. The van der Waals surface area contributed by atoms with E-state index in [1.165, 1.54) is 29.5 Å². The monoisotopic (exact) mass is 352 g/mol. The first-order valence-corrected chi connectivity index (χ1v) is 8.97. The molecule has 0 aliphatic heterocycles.